The number of alkyl halides is 3. The van der Waals surface area contributed by atoms with Crippen molar-refractivity contribution in [1.82, 2.24) is 0 Å². The van der Waals surface area contributed by atoms with Crippen LogP contribution in [0.15, 0.2) is 83.5 Å². The molecule has 0 aliphatic heterocycles. The maximum Gasteiger partial charge on any atom is 0.490 e. The SMILES string of the molecule is CSc1sc(C(=N)N)cc1S(=O)(=NC(=O)c1ccccc1)c1cccc(Br)c1.O=C(O)C(F)(F)F. The summed E-state index contributed by atoms with van der Waals surface area (Å²) in [5, 5.41) is 14.8. The van der Waals surface area contributed by atoms with Crippen molar-refractivity contribution in [3.63, 3.8) is 0 Å². The van der Waals surface area contributed by atoms with Gasteiger partial charge in [0.1, 0.15) is 15.6 Å². The van der Waals surface area contributed by atoms with Crippen molar-refractivity contribution in [1.29, 1.82) is 5.41 Å². The molecule has 0 saturated heterocycles. The molecule has 1 amide bonds. The van der Waals surface area contributed by atoms with Crippen LogP contribution >= 0.6 is 39.0 Å². The Labute approximate surface area is 215 Å². The summed E-state index contributed by atoms with van der Waals surface area (Å²) in [6.07, 6.45) is -3.24. The zero-order chi connectivity index (χ0) is 26.4. The molecule has 1 unspecified atom stereocenters. The lowest BCUT2D eigenvalue weighted by Gasteiger charge is -2.11. The third-order valence-electron chi connectivity index (χ3n) is 4.01. The summed E-state index contributed by atoms with van der Waals surface area (Å²) < 4.78 is 51.6. The minimum Gasteiger partial charge on any atom is -0.475 e. The highest BCUT2D eigenvalue weighted by molar-refractivity contribution is 9.10. The fourth-order valence-corrected chi connectivity index (χ4v) is 7.48. The molecule has 3 rings (SSSR count). The summed E-state index contributed by atoms with van der Waals surface area (Å²) in [7, 11) is -3.29. The van der Waals surface area contributed by atoms with E-state index in [1.807, 2.05) is 12.3 Å². The number of thioether (sulfide) groups is 1. The van der Waals surface area contributed by atoms with Crippen molar-refractivity contribution >= 4 is 66.5 Å². The summed E-state index contributed by atoms with van der Waals surface area (Å²) in [5.41, 5.74) is 5.99. The van der Waals surface area contributed by atoms with E-state index in [4.69, 9.17) is 21.0 Å². The van der Waals surface area contributed by atoms with Crippen molar-refractivity contribution in [3.8, 4) is 0 Å². The van der Waals surface area contributed by atoms with E-state index in [0.29, 0.717) is 24.4 Å². The number of hydrogen-bond acceptors (Lipinski definition) is 6. The van der Waals surface area contributed by atoms with Gasteiger partial charge in [0, 0.05) is 10.0 Å². The molecule has 0 bridgehead atoms. The van der Waals surface area contributed by atoms with Crippen molar-refractivity contribution in [2.24, 2.45) is 10.1 Å². The maximum atomic E-state index is 14.2. The zero-order valence-electron chi connectivity index (χ0n) is 17.7. The van der Waals surface area contributed by atoms with E-state index in [9.17, 15) is 22.2 Å². The Morgan fingerprint density at radius 1 is 1.14 bits per heavy atom. The van der Waals surface area contributed by atoms with Gasteiger partial charge in [-0.05, 0) is 42.7 Å². The number of halogens is 4. The van der Waals surface area contributed by atoms with E-state index < -0.39 is 27.8 Å². The van der Waals surface area contributed by atoms with Crippen molar-refractivity contribution < 1.29 is 32.1 Å². The first kappa shape index (κ1) is 28.6. The third-order valence-corrected chi connectivity index (χ3v) is 9.29. The maximum absolute atomic E-state index is 14.2. The van der Waals surface area contributed by atoms with Gasteiger partial charge in [0.15, 0.2) is 0 Å². The highest BCUT2D eigenvalue weighted by Gasteiger charge is 2.38. The Kier molecular flexibility index (Phi) is 9.66. The van der Waals surface area contributed by atoms with Gasteiger partial charge in [0.05, 0.1) is 18.9 Å². The van der Waals surface area contributed by atoms with Crippen LogP contribution in [0.25, 0.3) is 0 Å². The van der Waals surface area contributed by atoms with Crippen LogP contribution in [0, 0.1) is 5.41 Å². The van der Waals surface area contributed by atoms with Crippen LogP contribution < -0.4 is 5.73 Å². The molecule has 0 radical (unpaired) electrons. The van der Waals surface area contributed by atoms with Crippen LogP contribution in [0.5, 0.6) is 0 Å². The molecule has 4 N–H and O–H groups in total. The number of benzene rings is 2. The summed E-state index contributed by atoms with van der Waals surface area (Å²) in [5.74, 6) is -3.43. The van der Waals surface area contributed by atoms with E-state index >= 15 is 0 Å². The lowest BCUT2D eigenvalue weighted by Crippen LogP contribution is -2.21. The Hall–Kier alpha value is -2.68. The van der Waals surface area contributed by atoms with Gasteiger partial charge in [-0.25, -0.2) is 9.00 Å². The number of nitrogens with two attached hydrogens (primary N) is 1. The van der Waals surface area contributed by atoms with Gasteiger partial charge in [-0.3, -0.25) is 10.2 Å². The molecule has 186 valence electrons. The number of carboxylic acids is 1. The Morgan fingerprint density at radius 3 is 2.23 bits per heavy atom. The number of amides is 1. The van der Waals surface area contributed by atoms with Crippen LogP contribution in [0.1, 0.15) is 15.2 Å². The van der Waals surface area contributed by atoms with Gasteiger partial charge in [-0.1, -0.05) is 40.2 Å². The van der Waals surface area contributed by atoms with Crippen LogP contribution in [-0.4, -0.2) is 39.5 Å². The summed E-state index contributed by atoms with van der Waals surface area (Å²) in [6.45, 7) is 0. The molecular formula is C21H17BrF3N3O4S3. The highest BCUT2D eigenvalue weighted by atomic mass is 79.9. The van der Waals surface area contributed by atoms with Crippen molar-refractivity contribution in [2.45, 2.75) is 20.2 Å². The first-order valence-electron chi connectivity index (χ1n) is 9.24. The van der Waals surface area contributed by atoms with E-state index in [-0.39, 0.29) is 5.84 Å². The molecule has 7 nitrogen and oxygen atoms in total. The number of hydrogen-bond donors (Lipinski definition) is 3. The number of amidine groups is 1. The fraction of sp³-hybridized carbons (Fsp3) is 0.0952. The summed E-state index contributed by atoms with van der Waals surface area (Å²) in [6, 6.07) is 17.1. The van der Waals surface area contributed by atoms with E-state index in [1.165, 1.54) is 23.1 Å². The quantitative estimate of drug-likeness (QED) is 0.188. The lowest BCUT2D eigenvalue weighted by molar-refractivity contribution is -0.192. The number of carbonyl (C=O) groups is 2. The second-order valence-corrected chi connectivity index (χ2v) is 11.6. The van der Waals surface area contributed by atoms with Gasteiger partial charge in [-0.2, -0.15) is 13.2 Å². The summed E-state index contributed by atoms with van der Waals surface area (Å²) in [4.78, 5) is 23.0. The Balaban J connectivity index is 0.000000540. The topological polar surface area (TPSA) is 134 Å². The van der Waals surface area contributed by atoms with Crippen LogP contribution in [0.2, 0.25) is 0 Å². The predicted octanol–water partition coefficient (Wildman–Crippen LogP) is 5.88. The number of aliphatic carboxylic acids is 1. The Bertz CT molecular complexity index is 1370. The van der Waals surface area contributed by atoms with Gasteiger partial charge in [-0.15, -0.1) is 27.5 Å². The minimum atomic E-state index is -5.08. The molecule has 1 atom stereocenters. The number of carbonyl (C=O) groups excluding carboxylic acids is 1. The van der Waals surface area contributed by atoms with Gasteiger partial charge < -0.3 is 10.8 Å². The number of thiophene rings is 1. The second-order valence-electron chi connectivity index (χ2n) is 6.43. The molecule has 1 heterocycles. The van der Waals surface area contributed by atoms with Crippen LogP contribution in [-0.2, 0) is 14.5 Å². The first-order chi connectivity index (χ1) is 16.3. The minimum absolute atomic E-state index is 0.114. The first-order valence-corrected chi connectivity index (χ1v) is 13.6. The van der Waals surface area contributed by atoms with Gasteiger partial charge >= 0.3 is 12.1 Å². The largest absolute Gasteiger partial charge is 0.490 e. The second kappa shape index (κ2) is 11.8. The molecule has 0 fully saturated rings. The van der Waals surface area contributed by atoms with Crippen molar-refractivity contribution in [3.05, 3.63) is 75.6 Å². The van der Waals surface area contributed by atoms with Crippen LogP contribution in [0.4, 0.5) is 13.2 Å². The average molecular weight is 608 g/mol. The van der Waals surface area contributed by atoms with Gasteiger partial charge in [0.2, 0.25) is 0 Å². The average Bonchev–Trinajstić information content (AvgIpc) is 3.25. The molecule has 0 aliphatic rings. The number of rotatable bonds is 5. The molecular weight excluding hydrogens is 591 g/mol. The normalized spacial score (nSPS) is 12.6. The molecule has 14 heteroatoms. The fourth-order valence-electron chi connectivity index (χ4n) is 2.44. The van der Waals surface area contributed by atoms with Gasteiger partial charge in [0.25, 0.3) is 5.91 Å². The third kappa shape index (κ3) is 7.40. The zero-order valence-corrected chi connectivity index (χ0v) is 21.7. The number of nitrogens with one attached hydrogen (secondary N) is 1. The molecule has 3 aromatic rings. The number of nitrogen functional groups attached to an aromatic ring is 1. The standard InChI is InChI=1S/C19H16BrN3O2S3.C2HF3O2/c1-26-19-16(11-15(27-19)17(21)22)28(25,14-9-5-8-13(20)10-14)23-18(24)12-6-3-2-4-7-12;3-2(4,5)1(6)7/h2-11H,1H3,(H3,21,22);(H,6,7). The number of nitrogens with zero attached hydrogens (tertiary/aromatic N) is 1. The van der Waals surface area contributed by atoms with E-state index in [2.05, 4.69) is 20.3 Å². The van der Waals surface area contributed by atoms with Crippen molar-refractivity contribution in [2.75, 3.05) is 6.26 Å². The molecule has 35 heavy (non-hydrogen) atoms. The molecule has 2 aromatic carbocycles. The molecule has 1 aromatic heterocycles. The van der Waals surface area contributed by atoms with E-state index in [0.717, 1.165) is 4.47 Å². The smallest absolute Gasteiger partial charge is 0.475 e. The highest BCUT2D eigenvalue weighted by Crippen LogP contribution is 2.38. The summed E-state index contributed by atoms with van der Waals surface area (Å²) >= 11 is 6.05. The van der Waals surface area contributed by atoms with Crippen LogP contribution in [0.3, 0.4) is 0 Å². The molecule has 0 aliphatic carbocycles. The molecule has 0 saturated carbocycles. The number of carboxylic acid groups (broad SMARTS) is 1. The lowest BCUT2D eigenvalue weighted by atomic mass is 10.2. The van der Waals surface area contributed by atoms with E-state index in [1.54, 1.807) is 54.6 Å². The molecule has 0 spiro atoms. The Morgan fingerprint density at radius 2 is 1.74 bits per heavy atom. The monoisotopic (exact) mass is 607 g/mol. The predicted molar refractivity (Wildman–Crippen MR) is 133 cm³/mol.